The molecule has 7 rings (SSSR count). The number of fused-ring (bicyclic) bond motifs is 2. The van der Waals surface area contributed by atoms with Crippen molar-refractivity contribution < 1.29 is 9.50 Å². The average molecular weight is 566 g/mol. The van der Waals surface area contributed by atoms with Gasteiger partial charge in [0.25, 0.3) is 0 Å². The van der Waals surface area contributed by atoms with E-state index in [9.17, 15) is 10.4 Å². The summed E-state index contributed by atoms with van der Waals surface area (Å²) in [7, 11) is 0. The van der Waals surface area contributed by atoms with Gasteiger partial charge in [0.1, 0.15) is 11.3 Å². The van der Waals surface area contributed by atoms with Gasteiger partial charge in [0.15, 0.2) is 11.5 Å². The number of aliphatic hydroxyl groups is 1. The number of benzene rings is 2. The fourth-order valence-corrected chi connectivity index (χ4v) is 6.15. The molecule has 2 aliphatic rings. The number of nitrogens with zero attached hydrogens (tertiary/aromatic N) is 9. The zero-order valence-corrected chi connectivity index (χ0v) is 23.7. The number of anilines is 1. The van der Waals surface area contributed by atoms with Crippen molar-refractivity contribution in [3.05, 3.63) is 60.2 Å². The van der Waals surface area contributed by atoms with Gasteiger partial charge in [-0.2, -0.15) is 5.26 Å². The monoisotopic (exact) mass is 565 g/mol. The van der Waals surface area contributed by atoms with Gasteiger partial charge in [-0.05, 0) is 64.4 Å². The van der Waals surface area contributed by atoms with Crippen LogP contribution in [-0.2, 0) is 6.54 Å². The van der Waals surface area contributed by atoms with E-state index in [0.29, 0.717) is 45.2 Å². The maximum absolute atomic E-state index is 16.1. The summed E-state index contributed by atoms with van der Waals surface area (Å²) in [6.45, 7) is 7.59. The lowest BCUT2D eigenvalue weighted by Crippen LogP contribution is -2.53. The molecule has 42 heavy (non-hydrogen) atoms. The normalized spacial score (nSPS) is 18.0. The van der Waals surface area contributed by atoms with Gasteiger partial charge in [-0.25, -0.2) is 19.0 Å². The van der Waals surface area contributed by atoms with Crippen LogP contribution in [0.4, 0.5) is 10.2 Å². The molecule has 2 aliphatic heterocycles. The second-order valence-corrected chi connectivity index (χ2v) is 12.0. The molecule has 3 aromatic heterocycles. The summed E-state index contributed by atoms with van der Waals surface area (Å²) in [4.78, 5) is 14.7. The number of piperidine rings is 1. The highest BCUT2D eigenvalue weighted by molar-refractivity contribution is 5.89. The molecular weight excluding hydrogens is 533 g/mol. The Morgan fingerprint density at radius 1 is 1.12 bits per heavy atom. The summed E-state index contributed by atoms with van der Waals surface area (Å²) in [6.07, 6.45) is 7.07. The number of hydrogen-bond acceptors (Lipinski definition) is 8. The summed E-state index contributed by atoms with van der Waals surface area (Å²) in [5, 5.41) is 28.1. The molecule has 214 valence electrons. The first-order valence-electron chi connectivity index (χ1n) is 14.4. The Labute approximate surface area is 242 Å². The second kappa shape index (κ2) is 10.2. The summed E-state index contributed by atoms with van der Waals surface area (Å²) in [5.74, 6) is 0.328. The van der Waals surface area contributed by atoms with Gasteiger partial charge in [-0.1, -0.05) is 17.3 Å². The summed E-state index contributed by atoms with van der Waals surface area (Å²) in [6, 6.07) is 12.9. The molecule has 1 N–H and O–H groups in total. The van der Waals surface area contributed by atoms with Crippen LogP contribution in [0.3, 0.4) is 0 Å². The van der Waals surface area contributed by atoms with Crippen LogP contribution in [0.1, 0.15) is 38.7 Å². The first kappa shape index (κ1) is 26.5. The Bertz CT molecular complexity index is 1830. The third-order valence-corrected chi connectivity index (χ3v) is 8.31. The van der Waals surface area contributed by atoms with E-state index < -0.39 is 11.4 Å². The molecule has 0 aliphatic carbocycles. The molecule has 11 heteroatoms. The molecule has 0 spiro atoms. The summed E-state index contributed by atoms with van der Waals surface area (Å²) >= 11 is 0. The van der Waals surface area contributed by atoms with Crippen molar-refractivity contribution in [1.82, 2.24) is 34.3 Å². The predicted octanol–water partition coefficient (Wildman–Crippen LogP) is 4.26. The molecule has 2 fully saturated rings. The number of hydrogen-bond donors (Lipinski definition) is 1. The Morgan fingerprint density at radius 3 is 2.64 bits per heavy atom. The number of imidazole rings is 1. The maximum atomic E-state index is 16.1. The molecule has 0 radical (unpaired) electrons. The van der Waals surface area contributed by atoms with E-state index in [-0.39, 0.29) is 6.54 Å². The number of nitriles is 1. The molecule has 0 bridgehead atoms. The van der Waals surface area contributed by atoms with Crippen molar-refractivity contribution in [2.24, 2.45) is 0 Å². The highest BCUT2D eigenvalue weighted by atomic mass is 19.1. The third kappa shape index (κ3) is 4.66. The minimum Gasteiger partial charge on any atom is -0.389 e. The van der Waals surface area contributed by atoms with Crippen molar-refractivity contribution >= 4 is 22.5 Å². The lowest BCUT2D eigenvalue weighted by Gasteiger charge is -2.44. The minimum absolute atomic E-state index is 0.178. The van der Waals surface area contributed by atoms with Crippen LogP contribution >= 0.6 is 0 Å². The fraction of sp³-hybridized carbons (Fsp3) is 0.387. The Balaban J connectivity index is 1.39. The maximum Gasteiger partial charge on any atom is 0.181 e. The van der Waals surface area contributed by atoms with Gasteiger partial charge in [-0.3, -0.25) is 9.30 Å². The van der Waals surface area contributed by atoms with Crippen LogP contribution in [0, 0.1) is 17.1 Å². The van der Waals surface area contributed by atoms with Crippen molar-refractivity contribution in [3.8, 4) is 28.6 Å². The molecule has 2 aromatic carbocycles. The summed E-state index contributed by atoms with van der Waals surface area (Å²) in [5.41, 5.74) is 3.43. The molecule has 2 saturated heterocycles. The second-order valence-electron chi connectivity index (χ2n) is 12.0. The Kier molecular flexibility index (Phi) is 6.40. The van der Waals surface area contributed by atoms with Crippen molar-refractivity contribution in [2.75, 3.05) is 31.1 Å². The number of halogens is 1. The average Bonchev–Trinajstić information content (AvgIpc) is 3.52. The van der Waals surface area contributed by atoms with Crippen molar-refractivity contribution in [2.45, 2.75) is 51.3 Å². The quantitative estimate of drug-likeness (QED) is 0.325. The van der Waals surface area contributed by atoms with E-state index in [2.05, 4.69) is 26.2 Å². The fourth-order valence-electron chi connectivity index (χ4n) is 6.15. The van der Waals surface area contributed by atoms with Crippen molar-refractivity contribution in [3.63, 3.8) is 0 Å². The zero-order valence-electron chi connectivity index (χ0n) is 23.7. The smallest absolute Gasteiger partial charge is 0.181 e. The van der Waals surface area contributed by atoms with Crippen LogP contribution in [0.25, 0.3) is 39.2 Å². The van der Waals surface area contributed by atoms with E-state index >= 15 is 4.39 Å². The van der Waals surface area contributed by atoms with Gasteiger partial charge in [0.05, 0.1) is 40.7 Å². The number of rotatable bonds is 6. The van der Waals surface area contributed by atoms with Crippen LogP contribution in [0.2, 0.25) is 0 Å². The van der Waals surface area contributed by atoms with Gasteiger partial charge < -0.3 is 10.0 Å². The van der Waals surface area contributed by atoms with Gasteiger partial charge in [-0.15, -0.1) is 5.10 Å². The molecule has 5 aromatic rings. The van der Waals surface area contributed by atoms with Gasteiger partial charge in [0.2, 0.25) is 0 Å². The van der Waals surface area contributed by atoms with E-state index in [1.807, 2.05) is 22.7 Å². The SMILES string of the molecule is CC(C)(O)Cn1nnc2cc(-c3c(-c4ccc(C#N)cc4)nc4c(N5CCC[C@@H](N6CCC6)C5)nccn34)c(F)cc21. The number of aromatic nitrogens is 6. The molecule has 0 amide bonds. The predicted molar refractivity (Wildman–Crippen MR) is 157 cm³/mol. The third-order valence-electron chi connectivity index (χ3n) is 8.31. The van der Waals surface area contributed by atoms with Crippen LogP contribution in [0.5, 0.6) is 0 Å². The summed E-state index contributed by atoms with van der Waals surface area (Å²) < 4.78 is 19.5. The van der Waals surface area contributed by atoms with E-state index in [1.54, 1.807) is 38.2 Å². The van der Waals surface area contributed by atoms with Crippen molar-refractivity contribution in [1.29, 1.82) is 5.26 Å². The Morgan fingerprint density at radius 2 is 1.93 bits per heavy atom. The zero-order chi connectivity index (χ0) is 29.0. The lowest BCUT2D eigenvalue weighted by molar-refractivity contribution is 0.0585. The number of likely N-dealkylation sites (tertiary alicyclic amines) is 1. The molecule has 0 saturated carbocycles. The van der Waals surface area contributed by atoms with Gasteiger partial charge >= 0.3 is 0 Å². The Hall–Kier alpha value is -4.40. The van der Waals surface area contributed by atoms with E-state index in [0.717, 1.165) is 44.0 Å². The molecule has 10 nitrogen and oxygen atoms in total. The molecule has 1 atom stereocenters. The van der Waals surface area contributed by atoms with E-state index in [4.69, 9.17) is 9.97 Å². The molecular formula is C31H32FN9O. The lowest BCUT2D eigenvalue weighted by atomic mass is 10.0. The topological polar surface area (TPSA) is 111 Å². The van der Waals surface area contributed by atoms with E-state index in [1.165, 1.54) is 23.6 Å². The largest absolute Gasteiger partial charge is 0.389 e. The first-order valence-corrected chi connectivity index (χ1v) is 14.4. The highest BCUT2D eigenvalue weighted by Crippen LogP contribution is 2.38. The highest BCUT2D eigenvalue weighted by Gasteiger charge is 2.31. The van der Waals surface area contributed by atoms with Crippen LogP contribution < -0.4 is 4.90 Å². The first-order chi connectivity index (χ1) is 20.3. The minimum atomic E-state index is -1.04. The molecule has 0 unspecified atom stereocenters. The van der Waals surface area contributed by atoms with Gasteiger partial charge in [0, 0.05) is 48.7 Å². The van der Waals surface area contributed by atoms with Crippen LogP contribution in [0.15, 0.2) is 48.8 Å². The standard InChI is InChI=1S/C31H32FN9O/c1-31(2,42)19-41-26-16-24(32)23(15-25(26)36-37-41)28-27(21-8-6-20(17-33)7-9-21)35-30-29(34-10-14-40(28)30)39-11-3-5-22(18-39)38-12-4-13-38/h6-10,14-16,22,42H,3-5,11-13,18-19H2,1-2H3/t22-/m1/s1. The molecule has 5 heterocycles. The van der Waals surface area contributed by atoms with Crippen LogP contribution in [-0.4, -0.2) is 77.2 Å².